The standard InChI is InChI=1S/C19H22Cl2F2N2O.C6H13NO3.C5H12.2C2H6/c1-3-16(20)18(22)6-4-5-14-10-24-11-15(14)7-8-19(23)17(21)9-13(2)25-12-26;8-3-6(4-9)1-2-7-5-10;1-5(2,3)4;2*1-2/h3-4,6-9,12,14-15,24H,1,5,10-11H2,2H3,(H,25,26);5-6,8-9H,1-4H2,(H,7,10);1-4H3;2*1-2H3/b6-4-,8-7+,13-9+,18-16-,19-17-;;;;/t14-,15+;;;;/m0..../s1. The Morgan fingerprint density at radius 3 is 1.98 bits per heavy atom. The first-order valence-electron chi connectivity index (χ1n) is 15.3. The highest BCUT2D eigenvalue weighted by molar-refractivity contribution is 6.31. The van der Waals surface area contributed by atoms with E-state index in [2.05, 4.69) is 50.2 Å². The van der Waals surface area contributed by atoms with Crippen LogP contribution in [0.5, 0.6) is 0 Å². The van der Waals surface area contributed by atoms with Gasteiger partial charge in [0.05, 0.1) is 10.1 Å². The zero-order valence-corrected chi connectivity index (χ0v) is 30.2. The maximum atomic E-state index is 14.0. The van der Waals surface area contributed by atoms with Gasteiger partial charge in [0.1, 0.15) is 11.7 Å². The summed E-state index contributed by atoms with van der Waals surface area (Å²) in [5.74, 6) is -0.931. The molecular formula is C34H59Cl2F2N3O4. The first-order chi connectivity index (χ1) is 21.2. The van der Waals surface area contributed by atoms with Crippen molar-refractivity contribution in [3.05, 3.63) is 70.5 Å². The first-order valence-corrected chi connectivity index (χ1v) is 16.0. The Morgan fingerprint density at radius 2 is 1.51 bits per heavy atom. The number of amides is 2. The van der Waals surface area contributed by atoms with Crippen LogP contribution in [0.1, 0.15) is 75.2 Å². The number of allylic oxidation sites excluding steroid dienone is 10. The Kier molecular flexibility index (Phi) is 36.4. The van der Waals surface area contributed by atoms with Crippen molar-refractivity contribution in [1.82, 2.24) is 16.0 Å². The third-order valence-electron chi connectivity index (χ3n) is 5.15. The van der Waals surface area contributed by atoms with Gasteiger partial charge in [-0.15, -0.1) is 0 Å². The van der Waals surface area contributed by atoms with E-state index in [-0.39, 0.29) is 41.0 Å². The molecule has 5 N–H and O–H groups in total. The molecule has 262 valence electrons. The van der Waals surface area contributed by atoms with Gasteiger partial charge in [-0.25, -0.2) is 8.78 Å². The van der Waals surface area contributed by atoms with Crippen molar-refractivity contribution in [3.8, 4) is 0 Å². The van der Waals surface area contributed by atoms with Crippen LogP contribution in [0.25, 0.3) is 0 Å². The maximum absolute atomic E-state index is 14.0. The van der Waals surface area contributed by atoms with Gasteiger partial charge in [-0.05, 0) is 67.9 Å². The minimum absolute atomic E-state index is 0.0307. The molecule has 7 nitrogen and oxygen atoms in total. The Balaban J connectivity index is -0.000000363. The number of aliphatic hydroxyl groups is 2. The van der Waals surface area contributed by atoms with E-state index in [4.69, 9.17) is 33.4 Å². The molecule has 0 bridgehead atoms. The van der Waals surface area contributed by atoms with Crippen LogP contribution in [-0.2, 0) is 9.59 Å². The van der Waals surface area contributed by atoms with Crippen LogP contribution < -0.4 is 16.0 Å². The number of hydrogen-bond donors (Lipinski definition) is 5. The zero-order valence-electron chi connectivity index (χ0n) is 28.7. The van der Waals surface area contributed by atoms with Crippen LogP contribution in [-0.4, -0.2) is 55.9 Å². The summed E-state index contributed by atoms with van der Waals surface area (Å²) in [6.45, 7) is 23.7. The second-order valence-corrected chi connectivity index (χ2v) is 11.7. The molecule has 0 radical (unpaired) electrons. The molecule has 0 aromatic heterocycles. The summed E-state index contributed by atoms with van der Waals surface area (Å²) in [5, 5.41) is 25.0. The Hall–Kier alpha value is -2.30. The summed E-state index contributed by atoms with van der Waals surface area (Å²) in [4.78, 5) is 20.0. The van der Waals surface area contributed by atoms with Crippen molar-refractivity contribution >= 4 is 36.0 Å². The molecule has 11 heteroatoms. The summed E-state index contributed by atoms with van der Waals surface area (Å²) in [6.07, 6.45) is 11.0. The lowest BCUT2D eigenvalue weighted by Gasteiger charge is -2.12. The largest absolute Gasteiger partial charge is 0.396 e. The fraction of sp³-hybridized carbons (Fsp3) is 0.588. The molecular weight excluding hydrogens is 623 g/mol. The van der Waals surface area contributed by atoms with E-state index >= 15 is 0 Å². The molecule has 0 aliphatic carbocycles. The van der Waals surface area contributed by atoms with Crippen molar-refractivity contribution in [2.75, 3.05) is 32.8 Å². The molecule has 1 aliphatic heterocycles. The predicted molar refractivity (Wildman–Crippen MR) is 188 cm³/mol. The average molecular weight is 683 g/mol. The highest BCUT2D eigenvalue weighted by atomic mass is 35.5. The van der Waals surface area contributed by atoms with Gasteiger partial charge in [0, 0.05) is 37.9 Å². The minimum Gasteiger partial charge on any atom is -0.396 e. The number of nitrogens with one attached hydrogen (secondary N) is 3. The van der Waals surface area contributed by atoms with Crippen molar-refractivity contribution < 1.29 is 28.6 Å². The normalized spacial score (nSPS) is 17.2. The summed E-state index contributed by atoms with van der Waals surface area (Å²) in [5.41, 5.74) is 0.937. The summed E-state index contributed by atoms with van der Waals surface area (Å²) < 4.78 is 27.6. The van der Waals surface area contributed by atoms with E-state index in [1.54, 1.807) is 19.1 Å². The highest BCUT2D eigenvalue weighted by Gasteiger charge is 2.23. The van der Waals surface area contributed by atoms with Crippen LogP contribution in [0.4, 0.5) is 8.78 Å². The molecule has 2 amide bonds. The second-order valence-electron chi connectivity index (χ2n) is 10.9. The number of hydrogen-bond acceptors (Lipinski definition) is 5. The first kappa shape index (κ1) is 49.6. The molecule has 1 rings (SSSR count). The molecule has 1 saturated heterocycles. The highest BCUT2D eigenvalue weighted by Crippen LogP contribution is 2.25. The predicted octanol–water partition coefficient (Wildman–Crippen LogP) is 7.83. The van der Waals surface area contributed by atoms with Crippen molar-refractivity contribution in [3.63, 3.8) is 0 Å². The number of rotatable bonds is 15. The molecule has 0 aromatic rings. The van der Waals surface area contributed by atoms with Crippen molar-refractivity contribution in [2.24, 2.45) is 23.2 Å². The molecule has 1 aliphatic rings. The molecule has 0 saturated carbocycles. The number of halogens is 4. The van der Waals surface area contributed by atoms with Crippen LogP contribution in [0.2, 0.25) is 0 Å². The Labute approximate surface area is 281 Å². The maximum Gasteiger partial charge on any atom is 0.211 e. The number of aliphatic hydroxyl groups excluding tert-OH is 2. The van der Waals surface area contributed by atoms with E-state index in [0.29, 0.717) is 49.9 Å². The molecule has 45 heavy (non-hydrogen) atoms. The monoisotopic (exact) mass is 681 g/mol. The summed E-state index contributed by atoms with van der Waals surface area (Å²) >= 11 is 11.5. The summed E-state index contributed by atoms with van der Waals surface area (Å²) in [6, 6.07) is 0. The van der Waals surface area contributed by atoms with Gasteiger partial charge in [0.2, 0.25) is 12.8 Å². The lowest BCUT2D eigenvalue weighted by atomic mass is 9.92. The fourth-order valence-corrected chi connectivity index (χ4v) is 3.32. The van der Waals surface area contributed by atoms with Crippen LogP contribution >= 0.6 is 23.2 Å². The van der Waals surface area contributed by atoms with Gasteiger partial charge >= 0.3 is 0 Å². The van der Waals surface area contributed by atoms with Gasteiger partial charge in [-0.1, -0.05) is 97.3 Å². The topological polar surface area (TPSA) is 111 Å². The van der Waals surface area contributed by atoms with E-state index in [0.717, 1.165) is 6.54 Å². The zero-order chi connectivity index (χ0) is 35.8. The SMILES string of the molecule is C=C/C(Cl)=C(F)\C=C/C[C@H]1CNC[C@H]1/C=C/C(F)=C(Cl)\C=C(/C)NC=O.CC.CC.CC(C)(C)C.O=CNCCC(CO)CO. The Morgan fingerprint density at radius 1 is 0.978 bits per heavy atom. The molecule has 2 atom stereocenters. The quantitative estimate of drug-likeness (QED) is 0.0687. The molecule has 0 unspecified atom stereocenters. The molecule has 0 aromatic carbocycles. The third-order valence-corrected chi connectivity index (χ3v) is 5.77. The average Bonchev–Trinajstić information content (AvgIpc) is 3.46. The van der Waals surface area contributed by atoms with E-state index in [9.17, 15) is 18.4 Å². The van der Waals surface area contributed by atoms with Crippen molar-refractivity contribution in [1.29, 1.82) is 0 Å². The van der Waals surface area contributed by atoms with Gasteiger partial charge in [0.15, 0.2) is 0 Å². The molecule has 1 heterocycles. The van der Waals surface area contributed by atoms with E-state index in [1.165, 1.54) is 24.3 Å². The summed E-state index contributed by atoms with van der Waals surface area (Å²) in [7, 11) is 0. The third kappa shape index (κ3) is 32.9. The van der Waals surface area contributed by atoms with Crippen LogP contribution in [0.15, 0.2) is 70.5 Å². The van der Waals surface area contributed by atoms with Gasteiger partial charge in [-0.3, -0.25) is 9.59 Å². The van der Waals surface area contributed by atoms with Gasteiger partial charge in [0.25, 0.3) is 0 Å². The lowest BCUT2D eigenvalue weighted by Crippen LogP contribution is -2.20. The van der Waals surface area contributed by atoms with Gasteiger partial charge in [-0.2, -0.15) is 0 Å². The Bertz CT molecular complexity index is 921. The fourth-order valence-electron chi connectivity index (χ4n) is 3.03. The van der Waals surface area contributed by atoms with E-state index < -0.39 is 11.7 Å². The second kappa shape index (κ2) is 33.1. The number of carbonyl (C=O) groups is 2. The van der Waals surface area contributed by atoms with Gasteiger partial charge < -0.3 is 26.2 Å². The molecule has 0 spiro atoms. The van der Waals surface area contributed by atoms with Crippen molar-refractivity contribution in [2.45, 2.75) is 75.2 Å². The molecule has 1 fully saturated rings. The lowest BCUT2D eigenvalue weighted by molar-refractivity contribution is -0.110. The van der Waals surface area contributed by atoms with E-state index in [1.807, 2.05) is 27.7 Å². The smallest absolute Gasteiger partial charge is 0.211 e. The van der Waals surface area contributed by atoms with Crippen LogP contribution in [0.3, 0.4) is 0 Å². The van der Waals surface area contributed by atoms with Crippen LogP contribution in [0, 0.1) is 23.2 Å². The minimum atomic E-state index is -0.591. The number of carbonyl (C=O) groups excluding carboxylic acids is 2.